The summed E-state index contributed by atoms with van der Waals surface area (Å²) in [6, 6.07) is 6.05. The first kappa shape index (κ1) is 13.7. The fourth-order valence-electron chi connectivity index (χ4n) is 1.35. The first-order valence-corrected chi connectivity index (χ1v) is 6.83. The lowest BCUT2D eigenvalue weighted by molar-refractivity contribution is 0.0962. The van der Waals surface area contributed by atoms with Gasteiger partial charge in [-0.05, 0) is 24.3 Å². The number of benzene rings is 1. The van der Waals surface area contributed by atoms with E-state index in [0.717, 1.165) is 6.26 Å². The van der Waals surface area contributed by atoms with Crippen LogP contribution in [0.1, 0.15) is 10.4 Å². The Morgan fingerprint density at radius 1 is 1.35 bits per heavy atom. The SMILES string of the molecule is COc1ccc(C(=O)C(CO)S(C)(=O)=O)cc1. The predicted octanol–water partition coefficient (Wildman–Crippen LogP) is 0.283. The van der Waals surface area contributed by atoms with Crippen molar-refractivity contribution in [3.05, 3.63) is 29.8 Å². The summed E-state index contributed by atoms with van der Waals surface area (Å²) >= 11 is 0. The van der Waals surface area contributed by atoms with Crippen LogP contribution < -0.4 is 4.74 Å². The zero-order valence-electron chi connectivity index (χ0n) is 9.58. The number of rotatable bonds is 5. The van der Waals surface area contributed by atoms with Crippen molar-refractivity contribution in [3.8, 4) is 5.75 Å². The summed E-state index contributed by atoms with van der Waals surface area (Å²) in [5.74, 6) is -0.0425. The molecule has 0 radical (unpaired) electrons. The minimum absolute atomic E-state index is 0.232. The van der Waals surface area contributed by atoms with Crippen molar-refractivity contribution in [1.29, 1.82) is 0 Å². The van der Waals surface area contributed by atoms with Crippen molar-refractivity contribution >= 4 is 15.6 Å². The van der Waals surface area contributed by atoms with Gasteiger partial charge in [-0.1, -0.05) is 0 Å². The number of aliphatic hydroxyl groups is 1. The number of carbonyl (C=O) groups excluding carboxylic acids is 1. The average molecular weight is 258 g/mol. The quantitative estimate of drug-likeness (QED) is 0.767. The van der Waals surface area contributed by atoms with E-state index in [-0.39, 0.29) is 5.56 Å². The van der Waals surface area contributed by atoms with Gasteiger partial charge in [-0.3, -0.25) is 4.79 Å². The fourth-order valence-corrected chi connectivity index (χ4v) is 2.15. The zero-order valence-corrected chi connectivity index (χ0v) is 10.4. The Labute approximate surface area is 100.0 Å². The van der Waals surface area contributed by atoms with Crippen LogP contribution in [0.4, 0.5) is 0 Å². The zero-order chi connectivity index (χ0) is 13.1. The van der Waals surface area contributed by atoms with Gasteiger partial charge in [0.1, 0.15) is 11.0 Å². The van der Waals surface area contributed by atoms with Crippen molar-refractivity contribution in [1.82, 2.24) is 0 Å². The molecule has 1 unspecified atom stereocenters. The number of ketones is 1. The number of aliphatic hydroxyl groups excluding tert-OH is 1. The van der Waals surface area contributed by atoms with Crippen LogP contribution in [0.15, 0.2) is 24.3 Å². The molecule has 94 valence electrons. The Kier molecular flexibility index (Phi) is 4.25. The fraction of sp³-hybridized carbons (Fsp3) is 0.364. The highest BCUT2D eigenvalue weighted by atomic mass is 32.2. The molecular weight excluding hydrogens is 244 g/mol. The van der Waals surface area contributed by atoms with Crippen molar-refractivity contribution in [3.63, 3.8) is 0 Å². The Bertz CT molecular complexity index is 489. The second-order valence-electron chi connectivity index (χ2n) is 3.59. The van der Waals surface area contributed by atoms with Gasteiger partial charge in [0.25, 0.3) is 0 Å². The molecule has 0 aliphatic rings. The molecule has 0 aromatic heterocycles. The van der Waals surface area contributed by atoms with Crippen molar-refractivity contribution in [2.45, 2.75) is 5.25 Å². The van der Waals surface area contributed by atoms with E-state index in [1.807, 2.05) is 0 Å². The van der Waals surface area contributed by atoms with Gasteiger partial charge in [0.05, 0.1) is 13.7 Å². The van der Waals surface area contributed by atoms with E-state index in [2.05, 4.69) is 0 Å². The number of carbonyl (C=O) groups is 1. The van der Waals surface area contributed by atoms with Crippen LogP contribution in [0.2, 0.25) is 0 Å². The van der Waals surface area contributed by atoms with Crippen molar-refractivity contribution in [2.75, 3.05) is 20.0 Å². The van der Waals surface area contributed by atoms with Crippen LogP contribution >= 0.6 is 0 Å². The van der Waals surface area contributed by atoms with Gasteiger partial charge >= 0.3 is 0 Å². The van der Waals surface area contributed by atoms with E-state index in [1.54, 1.807) is 12.1 Å². The second kappa shape index (κ2) is 5.29. The molecule has 0 bridgehead atoms. The molecule has 0 saturated carbocycles. The van der Waals surface area contributed by atoms with Gasteiger partial charge in [-0.2, -0.15) is 0 Å². The molecular formula is C11H14O5S. The third kappa shape index (κ3) is 3.28. The van der Waals surface area contributed by atoms with Crippen LogP contribution in [0, 0.1) is 0 Å². The van der Waals surface area contributed by atoms with Crippen LogP contribution in [0.25, 0.3) is 0 Å². The molecule has 6 heteroatoms. The van der Waals surface area contributed by atoms with Gasteiger partial charge in [-0.25, -0.2) is 8.42 Å². The van der Waals surface area contributed by atoms with Gasteiger partial charge in [0, 0.05) is 11.8 Å². The maximum absolute atomic E-state index is 11.8. The summed E-state index contributed by atoms with van der Waals surface area (Å²) in [5, 5.41) is 7.56. The van der Waals surface area contributed by atoms with Crippen LogP contribution in [0.3, 0.4) is 0 Å². The normalized spacial score (nSPS) is 13.1. The smallest absolute Gasteiger partial charge is 0.183 e. The first-order valence-electron chi connectivity index (χ1n) is 4.88. The summed E-state index contributed by atoms with van der Waals surface area (Å²) in [6.45, 7) is -0.719. The van der Waals surface area contributed by atoms with Gasteiger partial charge in [0.15, 0.2) is 15.6 Å². The van der Waals surface area contributed by atoms with Crippen LogP contribution in [0.5, 0.6) is 5.75 Å². The Balaban J connectivity index is 3.02. The topological polar surface area (TPSA) is 80.7 Å². The number of sulfone groups is 1. The predicted molar refractivity (Wildman–Crippen MR) is 63.0 cm³/mol. The minimum Gasteiger partial charge on any atom is -0.497 e. The largest absolute Gasteiger partial charge is 0.497 e. The molecule has 1 aromatic carbocycles. The van der Waals surface area contributed by atoms with E-state index in [9.17, 15) is 13.2 Å². The van der Waals surface area contributed by atoms with Crippen molar-refractivity contribution < 1.29 is 23.1 Å². The van der Waals surface area contributed by atoms with Gasteiger partial charge in [-0.15, -0.1) is 0 Å². The molecule has 0 spiro atoms. The highest BCUT2D eigenvalue weighted by Gasteiger charge is 2.28. The third-order valence-electron chi connectivity index (χ3n) is 2.35. The minimum atomic E-state index is -3.61. The number of Topliss-reactive ketones (excluding diaryl/α,β-unsaturated/α-hetero) is 1. The molecule has 0 heterocycles. The van der Waals surface area contributed by atoms with E-state index < -0.39 is 27.5 Å². The van der Waals surface area contributed by atoms with E-state index >= 15 is 0 Å². The third-order valence-corrected chi connectivity index (χ3v) is 3.75. The summed E-state index contributed by atoms with van der Waals surface area (Å²) in [7, 11) is -2.12. The average Bonchev–Trinajstić information content (AvgIpc) is 2.28. The highest BCUT2D eigenvalue weighted by molar-refractivity contribution is 7.92. The van der Waals surface area contributed by atoms with E-state index in [1.165, 1.54) is 19.2 Å². The first-order chi connectivity index (χ1) is 7.90. The molecule has 0 amide bonds. The summed E-state index contributed by atoms with van der Waals surface area (Å²) in [6.07, 6.45) is 0.926. The van der Waals surface area contributed by atoms with Crippen LogP contribution in [-0.4, -0.2) is 44.5 Å². The van der Waals surface area contributed by atoms with E-state index in [0.29, 0.717) is 5.75 Å². The van der Waals surface area contributed by atoms with Crippen molar-refractivity contribution in [2.24, 2.45) is 0 Å². The standard InChI is InChI=1S/C11H14O5S/c1-16-9-5-3-8(4-6-9)11(13)10(7-12)17(2,14)15/h3-6,10,12H,7H2,1-2H3. The molecule has 1 rings (SSSR count). The van der Waals surface area contributed by atoms with Gasteiger partial charge in [0.2, 0.25) is 0 Å². The lowest BCUT2D eigenvalue weighted by Crippen LogP contribution is -2.33. The summed E-state index contributed by atoms with van der Waals surface area (Å²) in [4.78, 5) is 11.8. The Hall–Kier alpha value is -1.40. The molecule has 0 aliphatic heterocycles. The monoisotopic (exact) mass is 258 g/mol. The highest BCUT2D eigenvalue weighted by Crippen LogP contribution is 2.15. The Morgan fingerprint density at radius 3 is 2.24 bits per heavy atom. The lowest BCUT2D eigenvalue weighted by atomic mass is 10.1. The maximum Gasteiger partial charge on any atom is 0.183 e. The summed E-state index contributed by atoms with van der Waals surface area (Å²) < 4.78 is 27.5. The summed E-state index contributed by atoms with van der Waals surface area (Å²) in [5.41, 5.74) is 0.232. The second-order valence-corrected chi connectivity index (χ2v) is 5.82. The maximum atomic E-state index is 11.8. The number of hydrogen-bond donors (Lipinski definition) is 1. The number of hydrogen-bond acceptors (Lipinski definition) is 5. The van der Waals surface area contributed by atoms with Crippen LogP contribution in [-0.2, 0) is 9.84 Å². The molecule has 5 nitrogen and oxygen atoms in total. The molecule has 0 saturated heterocycles. The number of methoxy groups -OCH3 is 1. The molecule has 0 aliphatic carbocycles. The number of ether oxygens (including phenoxy) is 1. The molecule has 1 atom stereocenters. The molecule has 0 fully saturated rings. The molecule has 1 N–H and O–H groups in total. The lowest BCUT2D eigenvalue weighted by Gasteiger charge is -2.11. The molecule has 1 aromatic rings. The van der Waals surface area contributed by atoms with E-state index in [4.69, 9.17) is 9.84 Å². The van der Waals surface area contributed by atoms with Gasteiger partial charge < -0.3 is 9.84 Å². The molecule has 17 heavy (non-hydrogen) atoms. The Morgan fingerprint density at radius 2 is 1.88 bits per heavy atom.